The Kier molecular flexibility index (Phi) is 9.85. The molecule has 1 aliphatic heterocycles. The topological polar surface area (TPSA) is 88.0 Å². The molecule has 0 saturated carbocycles. The van der Waals surface area contributed by atoms with E-state index in [1.165, 1.54) is 0 Å². The van der Waals surface area contributed by atoms with Crippen LogP contribution >= 0.6 is 0 Å². The van der Waals surface area contributed by atoms with Crippen LogP contribution in [0.4, 0.5) is 0 Å². The number of amides is 3. The molecule has 206 valence electrons. The fourth-order valence-electron chi connectivity index (χ4n) is 4.79. The highest BCUT2D eigenvalue weighted by Crippen LogP contribution is 2.16. The summed E-state index contributed by atoms with van der Waals surface area (Å²) in [6.45, 7) is 6.52. The van der Waals surface area contributed by atoms with Crippen LogP contribution in [-0.2, 0) is 27.3 Å². The van der Waals surface area contributed by atoms with Crippen molar-refractivity contribution in [2.75, 3.05) is 45.9 Å². The van der Waals surface area contributed by atoms with Crippen molar-refractivity contribution in [3.8, 4) is 0 Å². The molecule has 0 aliphatic carbocycles. The lowest BCUT2D eigenvalue weighted by atomic mass is 10.1. The Hall–Kier alpha value is -3.98. The van der Waals surface area contributed by atoms with Gasteiger partial charge in [0.25, 0.3) is 5.91 Å². The number of likely N-dealkylation sites (N-methyl/N-ethyl adjacent to an activating group) is 1. The van der Waals surface area contributed by atoms with Gasteiger partial charge >= 0.3 is 0 Å². The molecule has 1 aromatic heterocycles. The van der Waals surface area contributed by atoms with Gasteiger partial charge in [-0.3, -0.25) is 19.1 Å². The predicted molar refractivity (Wildman–Crippen MR) is 148 cm³/mol. The van der Waals surface area contributed by atoms with Gasteiger partial charge < -0.3 is 19.4 Å². The number of carbonyl (C=O) groups excluding carboxylic acids is 3. The lowest BCUT2D eigenvalue weighted by molar-refractivity contribution is -0.138. The molecule has 9 heteroatoms. The van der Waals surface area contributed by atoms with Crippen molar-refractivity contribution < 1.29 is 19.1 Å². The second-order valence-electron chi connectivity index (χ2n) is 9.66. The van der Waals surface area contributed by atoms with Crippen LogP contribution in [0.3, 0.4) is 0 Å². The van der Waals surface area contributed by atoms with E-state index in [1.54, 1.807) is 31.6 Å². The highest BCUT2D eigenvalue weighted by molar-refractivity contribution is 5.97. The zero-order valence-electron chi connectivity index (χ0n) is 22.7. The maximum Gasteiger partial charge on any atom is 0.254 e. The van der Waals surface area contributed by atoms with Gasteiger partial charge in [-0.25, -0.2) is 0 Å². The molecular formula is C30H37N5O4. The minimum atomic E-state index is -0.483. The number of rotatable bonds is 11. The van der Waals surface area contributed by atoms with Crippen molar-refractivity contribution in [2.45, 2.75) is 32.9 Å². The zero-order valence-corrected chi connectivity index (χ0v) is 22.7. The molecule has 1 aliphatic rings. The van der Waals surface area contributed by atoms with Crippen LogP contribution in [0, 0.1) is 0 Å². The minimum Gasteiger partial charge on any atom is -0.365 e. The summed E-state index contributed by atoms with van der Waals surface area (Å²) in [4.78, 5) is 44.6. The van der Waals surface area contributed by atoms with Crippen molar-refractivity contribution in [2.24, 2.45) is 0 Å². The molecule has 4 rings (SSSR count). The number of hydrogen-bond acceptors (Lipinski definition) is 5. The summed E-state index contributed by atoms with van der Waals surface area (Å²) in [6.07, 6.45) is 3.80. The molecule has 0 N–H and O–H groups in total. The first-order valence-electron chi connectivity index (χ1n) is 13.5. The lowest BCUT2D eigenvalue weighted by Crippen LogP contribution is -2.41. The molecule has 2 heterocycles. The standard InChI is InChI=1S/C30H37N5O4/c1-3-32(4-2)29(37)23-39-27-20-33(17-14-24-10-6-5-7-11-24)28(36)22-34(21-27)30(38)26-13-8-12-25(18-26)19-35-16-9-15-31-35/h5-13,15-16,18,27H,3-4,14,17,19-23H2,1-2H3/t27-/m0/s1. The van der Waals surface area contributed by atoms with Gasteiger partial charge in [0.2, 0.25) is 11.8 Å². The second kappa shape index (κ2) is 13.7. The Labute approximate surface area is 229 Å². The van der Waals surface area contributed by atoms with Crippen molar-refractivity contribution >= 4 is 17.7 Å². The van der Waals surface area contributed by atoms with Gasteiger partial charge in [-0.05, 0) is 49.6 Å². The number of aromatic nitrogens is 2. The Balaban J connectivity index is 1.49. The van der Waals surface area contributed by atoms with Crippen molar-refractivity contribution in [3.05, 3.63) is 89.7 Å². The summed E-state index contributed by atoms with van der Waals surface area (Å²) >= 11 is 0. The summed E-state index contributed by atoms with van der Waals surface area (Å²) in [5, 5.41) is 4.24. The van der Waals surface area contributed by atoms with Gasteiger partial charge in [0.1, 0.15) is 13.2 Å². The van der Waals surface area contributed by atoms with Crippen molar-refractivity contribution in [3.63, 3.8) is 0 Å². The van der Waals surface area contributed by atoms with Gasteiger partial charge in [0, 0.05) is 50.7 Å². The molecular weight excluding hydrogens is 494 g/mol. The summed E-state index contributed by atoms with van der Waals surface area (Å²) in [6, 6.07) is 19.2. The second-order valence-corrected chi connectivity index (χ2v) is 9.66. The van der Waals surface area contributed by atoms with Crippen molar-refractivity contribution in [1.82, 2.24) is 24.5 Å². The number of ether oxygens (including phenoxy) is 1. The molecule has 0 bridgehead atoms. The van der Waals surface area contributed by atoms with Crippen LogP contribution in [0.1, 0.15) is 35.3 Å². The van der Waals surface area contributed by atoms with Gasteiger partial charge in [-0.15, -0.1) is 0 Å². The molecule has 0 unspecified atom stereocenters. The molecule has 1 saturated heterocycles. The normalized spacial score (nSPS) is 15.7. The van der Waals surface area contributed by atoms with E-state index in [0.29, 0.717) is 44.7 Å². The molecule has 9 nitrogen and oxygen atoms in total. The Morgan fingerprint density at radius 3 is 2.49 bits per heavy atom. The SMILES string of the molecule is CCN(CC)C(=O)CO[C@H]1CN(CCc2ccccc2)C(=O)CN(C(=O)c2cccc(Cn3cccn3)c2)C1. The Bertz CT molecular complexity index is 1230. The molecule has 3 aromatic rings. The van der Waals surface area contributed by atoms with Crippen LogP contribution in [0.2, 0.25) is 0 Å². The molecule has 39 heavy (non-hydrogen) atoms. The van der Waals surface area contributed by atoms with Crippen LogP contribution in [0.25, 0.3) is 0 Å². The molecule has 1 fully saturated rings. The number of hydrogen-bond donors (Lipinski definition) is 0. The van der Waals surface area contributed by atoms with E-state index < -0.39 is 6.10 Å². The van der Waals surface area contributed by atoms with Crippen LogP contribution in [-0.4, -0.2) is 94.2 Å². The van der Waals surface area contributed by atoms with Gasteiger partial charge in [-0.1, -0.05) is 42.5 Å². The van der Waals surface area contributed by atoms with Gasteiger partial charge in [0.05, 0.1) is 12.6 Å². The van der Waals surface area contributed by atoms with Crippen LogP contribution in [0.15, 0.2) is 73.1 Å². The average molecular weight is 532 g/mol. The third kappa shape index (κ3) is 7.77. The minimum absolute atomic E-state index is 0.0408. The quantitative estimate of drug-likeness (QED) is 0.380. The number of benzene rings is 2. The zero-order chi connectivity index (χ0) is 27.6. The largest absolute Gasteiger partial charge is 0.365 e. The maximum absolute atomic E-state index is 13.6. The summed E-state index contributed by atoms with van der Waals surface area (Å²) in [5.74, 6) is -0.469. The molecule has 0 spiro atoms. The predicted octanol–water partition coefficient (Wildman–Crippen LogP) is 2.71. The van der Waals surface area contributed by atoms with Crippen molar-refractivity contribution in [1.29, 1.82) is 0 Å². The third-order valence-corrected chi connectivity index (χ3v) is 6.96. The summed E-state index contributed by atoms with van der Waals surface area (Å²) in [5.41, 5.74) is 2.57. The first-order chi connectivity index (χ1) is 19.0. The summed E-state index contributed by atoms with van der Waals surface area (Å²) < 4.78 is 7.85. The lowest BCUT2D eigenvalue weighted by Gasteiger charge is -2.26. The van der Waals surface area contributed by atoms with Gasteiger partial charge in [-0.2, -0.15) is 5.10 Å². The fraction of sp³-hybridized carbons (Fsp3) is 0.400. The Morgan fingerprint density at radius 1 is 1.00 bits per heavy atom. The molecule has 0 radical (unpaired) electrons. The fourth-order valence-corrected chi connectivity index (χ4v) is 4.79. The van der Waals surface area contributed by atoms with E-state index in [1.807, 2.05) is 74.6 Å². The maximum atomic E-state index is 13.6. The van der Waals surface area contributed by atoms with Gasteiger partial charge in [0.15, 0.2) is 0 Å². The highest BCUT2D eigenvalue weighted by Gasteiger charge is 2.32. The van der Waals surface area contributed by atoms with E-state index in [2.05, 4.69) is 5.10 Å². The smallest absolute Gasteiger partial charge is 0.254 e. The van der Waals surface area contributed by atoms with Crippen LogP contribution < -0.4 is 0 Å². The van der Waals surface area contributed by atoms with E-state index in [4.69, 9.17) is 4.74 Å². The van der Waals surface area contributed by atoms with E-state index in [0.717, 1.165) is 11.1 Å². The molecule has 2 aromatic carbocycles. The highest BCUT2D eigenvalue weighted by atomic mass is 16.5. The monoisotopic (exact) mass is 531 g/mol. The van der Waals surface area contributed by atoms with E-state index in [-0.39, 0.29) is 37.4 Å². The van der Waals surface area contributed by atoms with E-state index in [9.17, 15) is 14.4 Å². The first-order valence-corrected chi connectivity index (χ1v) is 13.5. The Morgan fingerprint density at radius 2 is 1.77 bits per heavy atom. The average Bonchev–Trinajstić information content (AvgIpc) is 3.41. The summed E-state index contributed by atoms with van der Waals surface area (Å²) in [7, 11) is 0. The molecule has 1 atom stereocenters. The number of carbonyl (C=O) groups is 3. The third-order valence-electron chi connectivity index (χ3n) is 6.96. The van der Waals surface area contributed by atoms with Crippen LogP contribution in [0.5, 0.6) is 0 Å². The number of nitrogens with zero attached hydrogens (tertiary/aromatic N) is 5. The molecule has 3 amide bonds. The first kappa shape index (κ1) is 28.0. The van der Waals surface area contributed by atoms with E-state index >= 15 is 0 Å².